The van der Waals surface area contributed by atoms with Crippen LogP contribution in [0.1, 0.15) is 96.3 Å². The van der Waals surface area contributed by atoms with Crippen molar-refractivity contribution in [2.45, 2.75) is 108 Å². The van der Waals surface area contributed by atoms with E-state index in [1.54, 1.807) is 0 Å². The average molecular weight is 306 g/mol. The Labute approximate surface area is 136 Å². The fourth-order valence-electron chi connectivity index (χ4n) is 5.07. The molecule has 1 aliphatic heterocycles. The van der Waals surface area contributed by atoms with E-state index >= 15 is 0 Å². The number of carbonyl (C=O) groups is 1. The van der Waals surface area contributed by atoms with Crippen molar-refractivity contribution < 1.29 is 4.79 Å². The first kappa shape index (κ1) is 16.5. The zero-order valence-electron chi connectivity index (χ0n) is 14.3. The molecular formula is C20H35NO. The minimum Gasteiger partial charge on any atom is -0.311 e. The maximum absolute atomic E-state index is 13.1. The number of carbonyl (C=O) groups excluding carboxylic acids is 1. The molecule has 4 bridgehead atoms. The largest absolute Gasteiger partial charge is 0.311 e. The van der Waals surface area contributed by atoms with Crippen LogP contribution in [-0.4, -0.2) is 17.9 Å². The Bertz CT molecular complexity index is 354. The normalized spacial score (nSPS) is 38.8. The molecule has 1 N–H and O–H groups in total. The fourth-order valence-corrected chi connectivity index (χ4v) is 5.07. The smallest absolute Gasteiger partial charge is 0.139 e. The summed E-state index contributed by atoms with van der Waals surface area (Å²) in [6, 6.07) is 1.29. The van der Waals surface area contributed by atoms with Gasteiger partial charge in [0.05, 0.1) is 0 Å². The van der Waals surface area contributed by atoms with Crippen LogP contribution in [0.15, 0.2) is 0 Å². The molecule has 3 rings (SSSR count). The van der Waals surface area contributed by atoms with Crippen molar-refractivity contribution in [1.82, 2.24) is 5.32 Å². The van der Waals surface area contributed by atoms with E-state index in [2.05, 4.69) is 5.32 Å². The van der Waals surface area contributed by atoms with Crippen molar-refractivity contribution in [3.63, 3.8) is 0 Å². The van der Waals surface area contributed by atoms with Crippen LogP contribution in [0.5, 0.6) is 0 Å². The van der Waals surface area contributed by atoms with E-state index in [0.717, 1.165) is 19.3 Å². The van der Waals surface area contributed by atoms with Crippen LogP contribution in [0.25, 0.3) is 0 Å². The first-order valence-corrected chi connectivity index (χ1v) is 10.1. The molecule has 3 fully saturated rings. The summed E-state index contributed by atoms with van der Waals surface area (Å²) in [7, 11) is 0. The highest BCUT2D eigenvalue weighted by atomic mass is 16.1. The second kappa shape index (κ2) is 8.47. The Kier molecular flexibility index (Phi) is 6.35. The number of hydrogen-bond donors (Lipinski definition) is 1. The average Bonchev–Trinajstić information content (AvgIpc) is 2.68. The predicted molar refractivity (Wildman–Crippen MR) is 92.0 cm³/mol. The molecule has 126 valence electrons. The third-order valence-electron chi connectivity index (χ3n) is 6.42. The van der Waals surface area contributed by atoms with Gasteiger partial charge in [0.2, 0.25) is 0 Å². The highest BCUT2D eigenvalue weighted by molar-refractivity contribution is 5.83. The van der Waals surface area contributed by atoms with E-state index in [4.69, 9.17) is 0 Å². The van der Waals surface area contributed by atoms with E-state index in [1.165, 1.54) is 77.0 Å². The fraction of sp³-hybridized carbons (Fsp3) is 0.950. The minimum absolute atomic E-state index is 0.361. The SMILES string of the molecule is O=C1C2CCCCCCC(CC2)NC2CCCCCCC1C2. The van der Waals surface area contributed by atoms with Crippen LogP contribution >= 0.6 is 0 Å². The molecule has 1 saturated heterocycles. The minimum atomic E-state index is 0.361. The third-order valence-corrected chi connectivity index (χ3v) is 6.42. The molecule has 2 aliphatic carbocycles. The van der Waals surface area contributed by atoms with Crippen LogP contribution in [-0.2, 0) is 4.79 Å². The lowest BCUT2D eigenvalue weighted by Gasteiger charge is -2.26. The molecule has 4 unspecified atom stereocenters. The van der Waals surface area contributed by atoms with Crippen molar-refractivity contribution in [2.75, 3.05) is 0 Å². The summed E-state index contributed by atoms with van der Waals surface area (Å²) in [6.07, 6.45) is 19.2. The first-order chi connectivity index (χ1) is 10.8. The van der Waals surface area contributed by atoms with Gasteiger partial charge >= 0.3 is 0 Å². The summed E-state index contributed by atoms with van der Waals surface area (Å²) in [5.41, 5.74) is 0. The van der Waals surface area contributed by atoms with Gasteiger partial charge in [-0.1, -0.05) is 51.4 Å². The van der Waals surface area contributed by atoms with Crippen LogP contribution in [0.2, 0.25) is 0 Å². The van der Waals surface area contributed by atoms with Gasteiger partial charge in [-0.25, -0.2) is 0 Å². The maximum Gasteiger partial charge on any atom is 0.139 e. The zero-order valence-corrected chi connectivity index (χ0v) is 14.3. The summed E-state index contributed by atoms with van der Waals surface area (Å²) in [6.45, 7) is 0. The lowest BCUT2D eigenvalue weighted by molar-refractivity contribution is -0.127. The summed E-state index contributed by atoms with van der Waals surface area (Å²) >= 11 is 0. The van der Waals surface area contributed by atoms with Crippen molar-refractivity contribution in [3.8, 4) is 0 Å². The molecule has 1 heterocycles. The topological polar surface area (TPSA) is 29.1 Å². The molecule has 0 radical (unpaired) electrons. The van der Waals surface area contributed by atoms with Gasteiger partial charge in [0, 0.05) is 23.9 Å². The number of Topliss-reactive ketones (excluding diaryl/α,β-unsaturated/α-hetero) is 1. The number of ketones is 1. The van der Waals surface area contributed by atoms with E-state index in [1.807, 2.05) is 0 Å². The monoisotopic (exact) mass is 305 g/mol. The Morgan fingerprint density at radius 1 is 0.591 bits per heavy atom. The molecule has 4 atom stereocenters. The van der Waals surface area contributed by atoms with Crippen molar-refractivity contribution in [1.29, 1.82) is 0 Å². The van der Waals surface area contributed by atoms with E-state index < -0.39 is 0 Å². The predicted octanol–water partition coefficient (Wildman–Crippen LogP) is 5.01. The summed E-state index contributed by atoms with van der Waals surface area (Å²) in [5, 5.41) is 3.99. The molecule has 0 aromatic carbocycles. The van der Waals surface area contributed by atoms with Gasteiger partial charge in [-0.15, -0.1) is 0 Å². The molecule has 2 heteroatoms. The lowest BCUT2D eigenvalue weighted by atomic mass is 9.80. The van der Waals surface area contributed by atoms with Crippen LogP contribution in [0.3, 0.4) is 0 Å². The van der Waals surface area contributed by atoms with Gasteiger partial charge in [0.15, 0.2) is 0 Å². The van der Waals surface area contributed by atoms with Gasteiger partial charge < -0.3 is 5.32 Å². The second-order valence-corrected chi connectivity index (χ2v) is 8.15. The molecule has 0 aromatic rings. The second-order valence-electron chi connectivity index (χ2n) is 8.15. The lowest BCUT2D eigenvalue weighted by Crippen LogP contribution is -2.39. The molecule has 0 spiro atoms. The standard InChI is InChI=1S/C20H35NO/c22-20-16-9-5-1-3-7-11-18(14-13-16)21-19-12-8-4-2-6-10-17(20)15-19/h16-19,21H,1-15H2. The third kappa shape index (κ3) is 4.57. The Morgan fingerprint density at radius 2 is 1.18 bits per heavy atom. The van der Waals surface area contributed by atoms with Crippen molar-refractivity contribution in [3.05, 3.63) is 0 Å². The van der Waals surface area contributed by atoms with Crippen LogP contribution in [0.4, 0.5) is 0 Å². The maximum atomic E-state index is 13.1. The highest BCUT2D eigenvalue weighted by Crippen LogP contribution is 2.32. The number of hydrogen-bond acceptors (Lipinski definition) is 2. The first-order valence-electron chi connectivity index (χ1n) is 10.1. The molecular weight excluding hydrogens is 270 g/mol. The van der Waals surface area contributed by atoms with Gasteiger partial charge in [-0.3, -0.25) is 4.79 Å². The van der Waals surface area contributed by atoms with E-state index in [0.29, 0.717) is 29.7 Å². The summed E-state index contributed by atoms with van der Waals surface area (Å²) < 4.78 is 0. The van der Waals surface area contributed by atoms with Gasteiger partial charge in [-0.05, 0) is 44.9 Å². The van der Waals surface area contributed by atoms with Crippen LogP contribution in [0, 0.1) is 11.8 Å². The molecule has 0 aromatic heterocycles. The number of nitrogens with one attached hydrogen (secondary N) is 1. The number of fused-ring (bicyclic) bond motifs is 5. The molecule has 2 saturated carbocycles. The van der Waals surface area contributed by atoms with Crippen molar-refractivity contribution in [2.24, 2.45) is 11.8 Å². The zero-order chi connectivity index (χ0) is 15.2. The molecule has 0 amide bonds. The Hall–Kier alpha value is -0.370. The molecule has 22 heavy (non-hydrogen) atoms. The van der Waals surface area contributed by atoms with Crippen molar-refractivity contribution >= 4 is 5.78 Å². The van der Waals surface area contributed by atoms with Gasteiger partial charge in [0.25, 0.3) is 0 Å². The summed E-state index contributed by atoms with van der Waals surface area (Å²) in [4.78, 5) is 13.1. The van der Waals surface area contributed by atoms with E-state index in [9.17, 15) is 4.79 Å². The Morgan fingerprint density at radius 3 is 1.91 bits per heavy atom. The van der Waals surface area contributed by atoms with Gasteiger partial charge in [0.1, 0.15) is 5.78 Å². The molecule has 2 nitrogen and oxygen atoms in total. The van der Waals surface area contributed by atoms with Crippen LogP contribution < -0.4 is 5.32 Å². The quantitative estimate of drug-likeness (QED) is 0.682. The van der Waals surface area contributed by atoms with E-state index in [-0.39, 0.29) is 0 Å². The van der Waals surface area contributed by atoms with Gasteiger partial charge in [-0.2, -0.15) is 0 Å². The summed E-state index contributed by atoms with van der Waals surface area (Å²) in [5.74, 6) is 1.39. The number of rotatable bonds is 0. The highest BCUT2D eigenvalue weighted by Gasteiger charge is 2.32. The Balaban J connectivity index is 1.79. The molecule has 3 aliphatic rings.